The maximum Gasteiger partial charge on any atom is 0.216 e. The van der Waals surface area contributed by atoms with Gasteiger partial charge in [0, 0.05) is 28.7 Å². The lowest BCUT2D eigenvalue weighted by molar-refractivity contribution is 0.397. The molecular weight excluding hydrogens is 214 g/mol. The third kappa shape index (κ3) is 1.73. The van der Waals surface area contributed by atoms with Crippen LogP contribution in [0.15, 0.2) is 42.9 Å². The number of hydrogen-bond donors (Lipinski definition) is 1. The summed E-state index contributed by atoms with van der Waals surface area (Å²) in [6.07, 6.45) is 3.44. The van der Waals surface area contributed by atoms with Crippen molar-refractivity contribution in [2.75, 3.05) is 7.11 Å². The first-order valence-electron chi connectivity index (χ1n) is 5.30. The molecule has 17 heavy (non-hydrogen) atoms. The molecule has 4 heteroatoms. The van der Waals surface area contributed by atoms with Gasteiger partial charge in [0.1, 0.15) is 6.33 Å². The number of ether oxygens (including phenoxy) is 1. The molecule has 3 aromatic rings. The van der Waals surface area contributed by atoms with Crippen LogP contribution in [0, 0.1) is 0 Å². The van der Waals surface area contributed by atoms with Crippen LogP contribution in [0.1, 0.15) is 0 Å². The van der Waals surface area contributed by atoms with Crippen LogP contribution in [-0.4, -0.2) is 22.1 Å². The van der Waals surface area contributed by atoms with Gasteiger partial charge in [-0.15, -0.1) is 0 Å². The van der Waals surface area contributed by atoms with E-state index in [1.54, 1.807) is 7.11 Å². The summed E-state index contributed by atoms with van der Waals surface area (Å²) in [5.41, 5.74) is 3.03. The van der Waals surface area contributed by atoms with Gasteiger partial charge in [-0.25, -0.2) is 9.97 Å². The average Bonchev–Trinajstić information content (AvgIpc) is 2.86. The Labute approximate surface area is 98.3 Å². The zero-order valence-corrected chi connectivity index (χ0v) is 9.34. The summed E-state index contributed by atoms with van der Waals surface area (Å²) >= 11 is 0. The van der Waals surface area contributed by atoms with Crippen LogP contribution in [0.25, 0.3) is 22.2 Å². The van der Waals surface area contributed by atoms with Crippen LogP contribution in [0.4, 0.5) is 0 Å². The summed E-state index contributed by atoms with van der Waals surface area (Å²) in [7, 11) is 1.60. The first-order chi connectivity index (χ1) is 8.36. The van der Waals surface area contributed by atoms with Gasteiger partial charge < -0.3 is 9.72 Å². The third-order valence-corrected chi connectivity index (χ3v) is 2.70. The molecule has 2 heterocycles. The molecular formula is C13H11N3O. The van der Waals surface area contributed by atoms with Gasteiger partial charge in [0.15, 0.2) is 0 Å². The van der Waals surface area contributed by atoms with Gasteiger partial charge in [-0.05, 0) is 18.2 Å². The fraction of sp³-hybridized carbons (Fsp3) is 0.0769. The Morgan fingerprint density at radius 1 is 1.12 bits per heavy atom. The quantitative estimate of drug-likeness (QED) is 0.729. The molecule has 0 fully saturated rings. The monoisotopic (exact) mass is 225 g/mol. The van der Waals surface area contributed by atoms with E-state index in [-0.39, 0.29) is 0 Å². The Morgan fingerprint density at radius 2 is 2.06 bits per heavy atom. The second kappa shape index (κ2) is 3.90. The molecule has 0 aliphatic rings. The lowest BCUT2D eigenvalue weighted by atomic mass is 10.1. The van der Waals surface area contributed by atoms with E-state index >= 15 is 0 Å². The molecule has 0 aliphatic carbocycles. The van der Waals surface area contributed by atoms with Crippen LogP contribution in [0.2, 0.25) is 0 Å². The molecule has 0 aliphatic heterocycles. The Kier molecular flexibility index (Phi) is 2.26. The smallest absolute Gasteiger partial charge is 0.216 e. The molecule has 0 amide bonds. The van der Waals surface area contributed by atoms with Gasteiger partial charge in [0.05, 0.1) is 12.8 Å². The van der Waals surface area contributed by atoms with E-state index in [2.05, 4.69) is 21.0 Å². The number of hydrogen-bond acceptors (Lipinski definition) is 3. The van der Waals surface area contributed by atoms with E-state index in [1.165, 1.54) is 11.7 Å². The maximum absolute atomic E-state index is 5.09. The maximum atomic E-state index is 5.09. The largest absolute Gasteiger partial charge is 0.481 e. The first-order valence-corrected chi connectivity index (χ1v) is 5.30. The second-order valence-electron chi connectivity index (χ2n) is 3.73. The minimum atomic E-state index is 0.573. The Hall–Kier alpha value is -2.36. The molecule has 0 bridgehead atoms. The van der Waals surface area contributed by atoms with Crippen LogP contribution in [-0.2, 0) is 0 Å². The highest BCUT2D eigenvalue weighted by atomic mass is 16.5. The van der Waals surface area contributed by atoms with Crippen LogP contribution < -0.4 is 4.74 Å². The summed E-state index contributed by atoms with van der Waals surface area (Å²) in [4.78, 5) is 11.4. The summed E-state index contributed by atoms with van der Waals surface area (Å²) < 4.78 is 5.09. The number of nitrogens with zero attached hydrogens (tertiary/aromatic N) is 2. The van der Waals surface area contributed by atoms with Gasteiger partial charge in [-0.3, -0.25) is 0 Å². The summed E-state index contributed by atoms with van der Waals surface area (Å²) in [6.45, 7) is 0. The molecule has 0 radical (unpaired) electrons. The van der Waals surface area contributed by atoms with Crippen molar-refractivity contribution in [1.29, 1.82) is 0 Å². The summed E-state index contributed by atoms with van der Waals surface area (Å²) in [5.74, 6) is 0.573. The SMILES string of the molecule is COc1cc(-c2ccc3[nH]ccc3c2)ncn1. The fourth-order valence-corrected chi connectivity index (χ4v) is 1.82. The van der Waals surface area contributed by atoms with E-state index in [4.69, 9.17) is 4.74 Å². The van der Waals surface area contributed by atoms with Crippen LogP contribution in [0.3, 0.4) is 0 Å². The summed E-state index contributed by atoms with van der Waals surface area (Å²) in [5, 5.41) is 1.17. The number of benzene rings is 1. The normalized spacial score (nSPS) is 10.6. The highest BCUT2D eigenvalue weighted by Gasteiger charge is 2.03. The molecule has 0 spiro atoms. The Balaban J connectivity index is 2.12. The summed E-state index contributed by atoms with van der Waals surface area (Å²) in [6, 6.07) is 10.0. The standard InChI is InChI=1S/C13H11N3O/c1-17-13-7-12(15-8-16-13)9-2-3-11-10(6-9)4-5-14-11/h2-8,14H,1H3. The van der Waals surface area contributed by atoms with Crippen molar-refractivity contribution in [2.24, 2.45) is 0 Å². The number of H-pyrrole nitrogens is 1. The van der Waals surface area contributed by atoms with Gasteiger partial charge in [-0.1, -0.05) is 6.07 Å². The number of methoxy groups -OCH3 is 1. The Morgan fingerprint density at radius 3 is 2.94 bits per heavy atom. The predicted octanol–water partition coefficient (Wildman–Crippen LogP) is 2.63. The van der Waals surface area contributed by atoms with Crippen molar-refractivity contribution in [3.63, 3.8) is 0 Å². The second-order valence-corrected chi connectivity index (χ2v) is 3.73. The molecule has 1 N–H and O–H groups in total. The van der Waals surface area contributed by atoms with Crippen molar-refractivity contribution in [1.82, 2.24) is 15.0 Å². The van der Waals surface area contributed by atoms with Gasteiger partial charge in [0.25, 0.3) is 0 Å². The van der Waals surface area contributed by atoms with E-state index in [0.717, 1.165) is 16.8 Å². The zero-order valence-electron chi connectivity index (χ0n) is 9.34. The molecule has 0 saturated heterocycles. The first kappa shape index (κ1) is 9.84. The number of rotatable bonds is 2. The lowest BCUT2D eigenvalue weighted by Gasteiger charge is -2.03. The van der Waals surface area contributed by atoms with Crippen molar-refractivity contribution in [3.8, 4) is 17.1 Å². The van der Waals surface area contributed by atoms with Crippen molar-refractivity contribution in [2.45, 2.75) is 0 Å². The van der Waals surface area contributed by atoms with Crippen LogP contribution in [0.5, 0.6) is 5.88 Å². The molecule has 3 rings (SSSR count). The van der Waals surface area contributed by atoms with E-state index in [9.17, 15) is 0 Å². The molecule has 0 saturated carbocycles. The average molecular weight is 225 g/mol. The lowest BCUT2D eigenvalue weighted by Crippen LogP contribution is -1.90. The van der Waals surface area contributed by atoms with Gasteiger partial charge in [-0.2, -0.15) is 0 Å². The number of fused-ring (bicyclic) bond motifs is 1. The highest BCUT2D eigenvalue weighted by molar-refractivity contribution is 5.84. The van der Waals surface area contributed by atoms with E-state index in [1.807, 2.05) is 30.5 Å². The minimum Gasteiger partial charge on any atom is -0.481 e. The third-order valence-electron chi connectivity index (χ3n) is 2.70. The number of aromatic amines is 1. The van der Waals surface area contributed by atoms with E-state index in [0.29, 0.717) is 5.88 Å². The van der Waals surface area contributed by atoms with Gasteiger partial charge in [0.2, 0.25) is 5.88 Å². The number of aromatic nitrogens is 3. The number of nitrogens with one attached hydrogen (secondary N) is 1. The van der Waals surface area contributed by atoms with E-state index < -0.39 is 0 Å². The highest BCUT2D eigenvalue weighted by Crippen LogP contribution is 2.23. The Bertz CT molecular complexity index is 660. The molecule has 84 valence electrons. The van der Waals surface area contributed by atoms with Crippen molar-refractivity contribution in [3.05, 3.63) is 42.9 Å². The van der Waals surface area contributed by atoms with Crippen LogP contribution >= 0.6 is 0 Å². The molecule has 2 aromatic heterocycles. The van der Waals surface area contributed by atoms with Gasteiger partial charge >= 0.3 is 0 Å². The molecule has 1 aromatic carbocycles. The fourth-order valence-electron chi connectivity index (χ4n) is 1.82. The topological polar surface area (TPSA) is 50.8 Å². The molecule has 0 unspecified atom stereocenters. The minimum absolute atomic E-state index is 0.573. The molecule has 0 atom stereocenters. The van der Waals surface area contributed by atoms with Crippen molar-refractivity contribution >= 4 is 10.9 Å². The zero-order chi connectivity index (χ0) is 11.7. The predicted molar refractivity (Wildman–Crippen MR) is 65.9 cm³/mol. The van der Waals surface area contributed by atoms with Crippen molar-refractivity contribution < 1.29 is 4.74 Å². The molecule has 4 nitrogen and oxygen atoms in total.